The number of hydrogen-bond donors (Lipinski definition) is 2. The van der Waals surface area contributed by atoms with E-state index in [1.54, 1.807) is 12.1 Å². The van der Waals surface area contributed by atoms with Crippen LogP contribution in [0.3, 0.4) is 0 Å². The Morgan fingerprint density at radius 2 is 2.23 bits per heavy atom. The lowest BCUT2D eigenvalue weighted by atomic mass is 10.0. The lowest BCUT2D eigenvalue weighted by Gasteiger charge is -2.31. The van der Waals surface area contributed by atoms with Crippen molar-refractivity contribution in [3.05, 3.63) is 34.4 Å². The molecule has 120 valence electrons. The minimum absolute atomic E-state index is 0.0898. The van der Waals surface area contributed by atoms with Crippen LogP contribution >= 0.6 is 0 Å². The normalized spacial score (nSPS) is 19.0. The lowest BCUT2D eigenvalue weighted by Crippen LogP contribution is -2.43. The molecular weight excluding hydrogens is 282 g/mol. The zero-order valence-corrected chi connectivity index (χ0v) is 12.9. The van der Waals surface area contributed by atoms with Gasteiger partial charge in [-0.05, 0) is 30.9 Å². The van der Waals surface area contributed by atoms with Crippen LogP contribution in [0.1, 0.15) is 19.8 Å². The standard InChI is InChI=1S/C15H23N5O2/c1-12-3-2-10-19(11-12)15(16)18-9-8-17-13-4-6-14(7-5-13)20(21)22/h4-7,12,17H,2-3,8-11H2,1H3,(H2,16,18). The average Bonchev–Trinajstić information content (AvgIpc) is 2.51. The molecule has 0 spiro atoms. The molecule has 1 unspecified atom stereocenters. The van der Waals surface area contributed by atoms with E-state index < -0.39 is 4.92 Å². The van der Waals surface area contributed by atoms with Gasteiger partial charge in [0.2, 0.25) is 0 Å². The van der Waals surface area contributed by atoms with E-state index in [4.69, 9.17) is 5.73 Å². The maximum Gasteiger partial charge on any atom is 0.269 e. The first-order chi connectivity index (χ1) is 10.6. The number of nitrogens with two attached hydrogens (primary N) is 1. The fourth-order valence-electron chi connectivity index (χ4n) is 2.57. The van der Waals surface area contributed by atoms with Crippen LogP contribution in [0.15, 0.2) is 29.3 Å². The van der Waals surface area contributed by atoms with Gasteiger partial charge in [0.1, 0.15) is 0 Å². The van der Waals surface area contributed by atoms with Crippen LogP contribution < -0.4 is 11.1 Å². The second kappa shape index (κ2) is 7.63. The molecule has 0 radical (unpaired) electrons. The van der Waals surface area contributed by atoms with Gasteiger partial charge in [-0.2, -0.15) is 0 Å². The van der Waals surface area contributed by atoms with E-state index in [2.05, 4.69) is 22.1 Å². The predicted octanol–water partition coefficient (Wildman–Crippen LogP) is 2.05. The molecule has 1 aliphatic heterocycles. The fourth-order valence-corrected chi connectivity index (χ4v) is 2.57. The Morgan fingerprint density at radius 1 is 1.50 bits per heavy atom. The smallest absolute Gasteiger partial charge is 0.269 e. The molecule has 1 atom stereocenters. The van der Waals surface area contributed by atoms with Gasteiger partial charge in [0.05, 0.1) is 11.5 Å². The minimum Gasteiger partial charge on any atom is -0.383 e. The van der Waals surface area contributed by atoms with E-state index in [0.717, 1.165) is 18.8 Å². The van der Waals surface area contributed by atoms with Crippen LogP contribution in [0.25, 0.3) is 0 Å². The van der Waals surface area contributed by atoms with Gasteiger partial charge in [-0.15, -0.1) is 0 Å². The van der Waals surface area contributed by atoms with Gasteiger partial charge in [0.25, 0.3) is 5.69 Å². The number of non-ortho nitro benzene ring substituents is 1. The van der Waals surface area contributed by atoms with Gasteiger partial charge in [0, 0.05) is 37.5 Å². The average molecular weight is 305 g/mol. The number of nitro groups is 1. The topological polar surface area (TPSA) is 96.8 Å². The maximum atomic E-state index is 10.6. The highest BCUT2D eigenvalue weighted by Gasteiger charge is 2.17. The first-order valence-corrected chi connectivity index (χ1v) is 7.59. The van der Waals surface area contributed by atoms with Gasteiger partial charge in [-0.25, -0.2) is 0 Å². The second-order valence-corrected chi connectivity index (χ2v) is 5.66. The summed E-state index contributed by atoms with van der Waals surface area (Å²) < 4.78 is 0. The molecule has 0 aromatic heterocycles. The SMILES string of the molecule is CC1CCCN(C(N)=NCCNc2ccc([N+](=O)[O-])cc2)C1. The van der Waals surface area contributed by atoms with Crippen molar-refractivity contribution in [2.75, 3.05) is 31.5 Å². The Labute approximate surface area is 130 Å². The molecule has 0 aliphatic carbocycles. The van der Waals surface area contributed by atoms with E-state index in [-0.39, 0.29) is 5.69 Å². The van der Waals surface area contributed by atoms with Gasteiger partial charge < -0.3 is 16.0 Å². The predicted molar refractivity (Wildman–Crippen MR) is 88.0 cm³/mol. The number of aliphatic imine (C=N–C) groups is 1. The summed E-state index contributed by atoms with van der Waals surface area (Å²) in [6, 6.07) is 6.35. The number of rotatable bonds is 5. The van der Waals surface area contributed by atoms with Crippen molar-refractivity contribution in [2.45, 2.75) is 19.8 Å². The first-order valence-electron chi connectivity index (χ1n) is 7.59. The molecule has 1 fully saturated rings. The van der Waals surface area contributed by atoms with Crippen LogP contribution in [0.2, 0.25) is 0 Å². The van der Waals surface area contributed by atoms with Crippen molar-refractivity contribution in [3.8, 4) is 0 Å². The lowest BCUT2D eigenvalue weighted by molar-refractivity contribution is -0.384. The number of anilines is 1. The Kier molecular flexibility index (Phi) is 5.57. The number of nitro benzene ring substituents is 1. The molecule has 7 nitrogen and oxygen atoms in total. The zero-order chi connectivity index (χ0) is 15.9. The van der Waals surface area contributed by atoms with Gasteiger partial charge in [-0.3, -0.25) is 15.1 Å². The molecule has 1 aromatic carbocycles. The molecule has 0 saturated carbocycles. The molecule has 0 bridgehead atoms. The second-order valence-electron chi connectivity index (χ2n) is 5.66. The van der Waals surface area contributed by atoms with Crippen molar-refractivity contribution >= 4 is 17.3 Å². The molecule has 1 aliphatic rings. The fraction of sp³-hybridized carbons (Fsp3) is 0.533. The molecular formula is C15H23N5O2. The monoisotopic (exact) mass is 305 g/mol. The van der Waals surface area contributed by atoms with E-state index in [1.165, 1.54) is 25.0 Å². The van der Waals surface area contributed by atoms with Crippen LogP contribution in [-0.2, 0) is 0 Å². The summed E-state index contributed by atoms with van der Waals surface area (Å²) in [5.74, 6) is 1.28. The van der Waals surface area contributed by atoms with Crippen LogP contribution in [0.5, 0.6) is 0 Å². The first kappa shape index (κ1) is 16.1. The quantitative estimate of drug-likeness (QED) is 0.285. The van der Waals surface area contributed by atoms with Crippen LogP contribution in [0.4, 0.5) is 11.4 Å². The zero-order valence-electron chi connectivity index (χ0n) is 12.9. The third-order valence-electron chi connectivity index (χ3n) is 3.77. The van der Waals surface area contributed by atoms with E-state index in [0.29, 0.717) is 25.0 Å². The van der Waals surface area contributed by atoms with E-state index in [9.17, 15) is 10.1 Å². The summed E-state index contributed by atoms with van der Waals surface area (Å²) in [6.07, 6.45) is 2.42. The Morgan fingerprint density at radius 3 is 2.86 bits per heavy atom. The number of nitrogens with zero attached hydrogens (tertiary/aromatic N) is 3. The summed E-state index contributed by atoms with van der Waals surface area (Å²) in [7, 11) is 0. The number of likely N-dealkylation sites (tertiary alicyclic amines) is 1. The number of guanidine groups is 1. The molecule has 3 N–H and O–H groups in total. The van der Waals surface area contributed by atoms with Gasteiger partial charge >= 0.3 is 0 Å². The molecule has 1 aromatic rings. The highest BCUT2D eigenvalue weighted by atomic mass is 16.6. The number of nitrogens with one attached hydrogen (secondary N) is 1. The van der Waals surface area contributed by atoms with Crippen molar-refractivity contribution < 1.29 is 4.92 Å². The van der Waals surface area contributed by atoms with Crippen molar-refractivity contribution in [1.29, 1.82) is 0 Å². The molecule has 0 amide bonds. The molecule has 1 heterocycles. The summed E-state index contributed by atoms with van der Waals surface area (Å²) in [4.78, 5) is 16.7. The van der Waals surface area contributed by atoms with Crippen molar-refractivity contribution in [2.24, 2.45) is 16.6 Å². The Balaban J connectivity index is 1.76. The van der Waals surface area contributed by atoms with E-state index in [1.807, 2.05) is 0 Å². The summed E-state index contributed by atoms with van der Waals surface area (Å²) in [6.45, 7) is 5.41. The maximum absolute atomic E-state index is 10.6. The highest BCUT2D eigenvalue weighted by Crippen LogP contribution is 2.16. The summed E-state index contributed by atoms with van der Waals surface area (Å²) in [5.41, 5.74) is 6.95. The Hall–Kier alpha value is -2.31. The number of benzene rings is 1. The van der Waals surface area contributed by atoms with Crippen molar-refractivity contribution in [3.63, 3.8) is 0 Å². The third-order valence-corrected chi connectivity index (χ3v) is 3.77. The van der Waals surface area contributed by atoms with Gasteiger partial charge in [-0.1, -0.05) is 6.92 Å². The number of hydrogen-bond acceptors (Lipinski definition) is 4. The summed E-state index contributed by atoms with van der Waals surface area (Å²) >= 11 is 0. The van der Waals surface area contributed by atoms with Crippen LogP contribution in [-0.4, -0.2) is 42.0 Å². The van der Waals surface area contributed by atoms with E-state index >= 15 is 0 Å². The summed E-state index contributed by atoms with van der Waals surface area (Å²) in [5, 5.41) is 13.7. The molecule has 7 heteroatoms. The highest BCUT2D eigenvalue weighted by molar-refractivity contribution is 5.78. The Bertz CT molecular complexity index is 529. The molecule has 2 rings (SSSR count). The molecule has 22 heavy (non-hydrogen) atoms. The number of piperidine rings is 1. The van der Waals surface area contributed by atoms with Gasteiger partial charge in [0.15, 0.2) is 5.96 Å². The molecule has 1 saturated heterocycles. The largest absolute Gasteiger partial charge is 0.383 e. The third kappa shape index (κ3) is 4.61. The van der Waals surface area contributed by atoms with Crippen molar-refractivity contribution in [1.82, 2.24) is 4.90 Å². The minimum atomic E-state index is -0.408. The van der Waals surface area contributed by atoms with Crippen LogP contribution in [0, 0.1) is 16.0 Å².